The molecular weight excluding hydrogens is 334 g/mol. The smallest absolute Gasteiger partial charge is 0.244 e. The van der Waals surface area contributed by atoms with Gasteiger partial charge < -0.3 is 24.1 Å². The van der Waals surface area contributed by atoms with Crippen molar-refractivity contribution in [3.05, 3.63) is 42.7 Å². The zero-order valence-corrected chi connectivity index (χ0v) is 14.4. The number of carbonyl (C=O) groups is 1. The third-order valence-corrected chi connectivity index (χ3v) is 4.18. The molecule has 0 atom stereocenters. The van der Waals surface area contributed by atoms with Gasteiger partial charge in [0.15, 0.2) is 11.5 Å². The molecule has 0 fully saturated rings. The predicted octanol–water partition coefficient (Wildman–Crippen LogP) is 2.84. The molecule has 2 aromatic carbocycles. The highest BCUT2D eigenvalue weighted by molar-refractivity contribution is 5.92. The molecule has 134 valence electrons. The Bertz CT molecular complexity index is 934. The van der Waals surface area contributed by atoms with Gasteiger partial charge in [-0.05, 0) is 24.3 Å². The van der Waals surface area contributed by atoms with Crippen LogP contribution in [0.4, 0.5) is 5.69 Å². The molecule has 1 amide bonds. The maximum Gasteiger partial charge on any atom is 0.244 e. The molecule has 4 rings (SSSR count). The van der Waals surface area contributed by atoms with E-state index in [1.807, 2.05) is 12.1 Å². The highest BCUT2D eigenvalue weighted by atomic mass is 16.5. The molecular formula is C19H19N3O4. The lowest BCUT2D eigenvalue weighted by molar-refractivity contribution is -0.116. The van der Waals surface area contributed by atoms with E-state index in [0.29, 0.717) is 30.4 Å². The Balaban J connectivity index is 1.52. The van der Waals surface area contributed by atoms with E-state index in [2.05, 4.69) is 10.3 Å². The quantitative estimate of drug-likeness (QED) is 0.781. The lowest BCUT2D eigenvalue weighted by atomic mass is 10.2. The summed E-state index contributed by atoms with van der Waals surface area (Å²) in [6.07, 6.45) is 2.49. The fourth-order valence-electron chi connectivity index (χ4n) is 2.87. The van der Waals surface area contributed by atoms with E-state index in [-0.39, 0.29) is 12.5 Å². The van der Waals surface area contributed by atoms with Gasteiger partial charge in [0, 0.05) is 24.2 Å². The van der Waals surface area contributed by atoms with Gasteiger partial charge in [-0.2, -0.15) is 0 Å². The second-order valence-electron chi connectivity index (χ2n) is 5.99. The molecule has 1 N–H and O–H groups in total. The molecule has 26 heavy (non-hydrogen) atoms. The standard InChI is InChI=1S/C19H19N3O4/c1-24-14-5-3-13(4-6-14)21-19(23)11-22-12-20-15-9-17-18(10-16(15)22)26-8-2-7-25-17/h3-6,9-10,12H,2,7-8,11H2,1H3,(H,21,23). The van der Waals surface area contributed by atoms with Gasteiger partial charge >= 0.3 is 0 Å². The predicted molar refractivity (Wildman–Crippen MR) is 97.0 cm³/mol. The second kappa shape index (κ2) is 6.95. The van der Waals surface area contributed by atoms with Crippen molar-refractivity contribution in [2.24, 2.45) is 0 Å². The maximum atomic E-state index is 12.4. The van der Waals surface area contributed by atoms with Crippen LogP contribution >= 0.6 is 0 Å². The monoisotopic (exact) mass is 353 g/mol. The number of rotatable bonds is 4. The Morgan fingerprint density at radius 1 is 1.19 bits per heavy atom. The molecule has 1 aromatic heterocycles. The topological polar surface area (TPSA) is 74.6 Å². The van der Waals surface area contributed by atoms with E-state index < -0.39 is 0 Å². The molecule has 2 heterocycles. The highest BCUT2D eigenvalue weighted by Gasteiger charge is 2.15. The summed E-state index contributed by atoms with van der Waals surface area (Å²) < 4.78 is 18.3. The van der Waals surface area contributed by atoms with Crippen molar-refractivity contribution in [3.8, 4) is 17.2 Å². The van der Waals surface area contributed by atoms with Gasteiger partial charge in [-0.15, -0.1) is 0 Å². The average molecular weight is 353 g/mol. The number of carbonyl (C=O) groups excluding carboxylic acids is 1. The lowest BCUT2D eigenvalue weighted by Gasteiger charge is -2.10. The van der Waals surface area contributed by atoms with Crippen LogP contribution in [0.15, 0.2) is 42.7 Å². The summed E-state index contributed by atoms with van der Waals surface area (Å²) in [4.78, 5) is 16.7. The molecule has 0 aliphatic carbocycles. The molecule has 0 bridgehead atoms. The molecule has 1 aliphatic rings. The van der Waals surface area contributed by atoms with Gasteiger partial charge in [0.2, 0.25) is 5.91 Å². The summed E-state index contributed by atoms with van der Waals surface area (Å²) in [5.41, 5.74) is 2.32. The van der Waals surface area contributed by atoms with Crippen LogP contribution in [-0.4, -0.2) is 35.8 Å². The van der Waals surface area contributed by atoms with Crippen LogP contribution in [0.2, 0.25) is 0 Å². The van der Waals surface area contributed by atoms with Crippen molar-refractivity contribution in [1.29, 1.82) is 0 Å². The minimum atomic E-state index is -0.137. The van der Waals surface area contributed by atoms with Crippen molar-refractivity contribution in [3.63, 3.8) is 0 Å². The molecule has 0 radical (unpaired) electrons. The molecule has 0 unspecified atom stereocenters. The molecule has 7 nitrogen and oxygen atoms in total. The van der Waals surface area contributed by atoms with Crippen LogP contribution in [-0.2, 0) is 11.3 Å². The van der Waals surface area contributed by atoms with E-state index in [0.717, 1.165) is 23.2 Å². The number of imidazole rings is 1. The van der Waals surface area contributed by atoms with Crippen LogP contribution in [0.3, 0.4) is 0 Å². The first-order valence-electron chi connectivity index (χ1n) is 8.41. The van der Waals surface area contributed by atoms with Crippen LogP contribution in [0.1, 0.15) is 6.42 Å². The molecule has 1 aliphatic heterocycles. The first-order chi connectivity index (χ1) is 12.7. The third-order valence-electron chi connectivity index (χ3n) is 4.18. The summed E-state index contributed by atoms with van der Waals surface area (Å²) in [5.74, 6) is 1.99. The Hall–Kier alpha value is -3.22. The highest BCUT2D eigenvalue weighted by Crippen LogP contribution is 2.33. The fraction of sp³-hybridized carbons (Fsp3) is 0.263. The third kappa shape index (κ3) is 3.28. The normalized spacial score (nSPS) is 13.3. The second-order valence-corrected chi connectivity index (χ2v) is 5.99. The van der Waals surface area contributed by atoms with Gasteiger partial charge in [-0.1, -0.05) is 0 Å². The van der Waals surface area contributed by atoms with Gasteiger partial charge in [-0.3, -0.25) is 4.79 Å². The van der Waals surface area contributed by atoms with Crippen LogP contribution in [0, 0.1) is 0 Å². The summed E-state index contributed by atoms with van der Waals surface area (Å²) in [7, 11) is 1.60. The van der Waals surface area contributed by atoms with Crippen LogP contribution < -0.4 is 19.5 Å². The van der Waals surface area contributed by atoms with Crippen molar-refractivity contribution < 1.29 is 19.0 Å². The number of anilines is 1. The van der Waals surface area contributed by atoms with Crippen molar-refractivity contribution in [1.82, 2.24) is 9.55 Å². The molecule has 0 spiro atoms. The molecule has 0 saturated carbocycles. The number of aromatic nitrogens is 2. The zero-order valence-electron chi connectivity index (χ0n) is 14.4. The number of nitrogens with one attached hydrogen (secondary N) is 1. The summed E-state index contributed by atoms with van der Waals surface area (Å²) >= 11 is 0. The Morgan fingerprint density at radius 2 is 1.92 bits per heavy atom. The van der Waals surface area contributed by atoms with Gasteiger partial charge in [0.1, 0.15) is 12.3 Å². The molecule has 0 saturated heterocycles. The SMILES string of the molecule is COc1ccc(NC(=O)Cn2cnc3cc4c(cc32)OCCCO4)cc1. The van der Waals surface area contributed by atoms with Crippen LogP contribution in [0.25, 0.3) is 11.0 Å². The zero-order chi connectivity index (χ0) is 17.9. The number of methoxy groups -OCH3 is 1. The first-order valence-corrected chi connectivity index (χ1v) is 8.41. The van der Waals surface area contributed by atoms with Crippen molar-refractivity contribution in [2.75, 3.05) is 25.6 Å². The van der Waals surface area contributed by atoms with Gasteiger partial charge in [-0.25, -0.2) is 4.98 Å². The average Bonchev–Trinajstić information content (AvgIpc) is 2.88. The Labute approximate surface area is 150 Å². The largest absolute Gasteiger partial charge is 0.497 e. The van der Waals surface area contributed by atoms with E-state index in [1.165, 1.54) is 0 Å². The Kier molecular flexibility index (Phi) is 4.35. The van der Waals surface area contributed by atoms with Gasteiger partial charge in [0.25, 0.3) is 0 Å². The van der Waals surface area contributed by atoms with E-state index >= 15 is 0 Å². The number of amides is 1. The number of ether oxygens (including phenoxy) is 3. The summed E-state index contributed by atoms with van der Waals surface area (Å²) in [6, 6.07) is 10.9. The minimum Gasteiger partial charge on any atom is -0.497 e. The number of hydrogen-bond acceptors (Lipinski definition) is 5. The molecule has 3 aromatic rings. The van der Waals surface area contributed by atoms with Crippen LogP contribution in [0.5, 0.6) is 17.2 Å². The first kappa shape index (κ1) is 16.3. The maximum absolute atomic E-state index is 12.4. The van der Waals surface area contributed by atoms with E-state index in [4.69, 9.17) is 14.2 Å². The lowest BCUT2D eigenvalue weighted by Crippen LogP contribution is -2.18. The summed E-state index contributed by atoms with van der Waals surface area (Å²) in [5, 5.41) is 2.87. The number of benzene rings is 2. The van der Waals surface area contributed by atoms with E-state index in [9.17, 15) is 4.79 Å². The number of hydrogen-bond donors (Lipinski definition) is 1. The fourth-order valence-corrected chi connectivity index (χ4v) is 2.87. The molecule has 7 heteroatoms. The Morgan fingerprint density at radius 3 is 2.65 bits per heavy atom. The summed E-state index contributed by atoms with van der Waals surface area (Å²) in [6.45, 7) is 1.40. The van der Waals surface area contributed by atoms with Gasteiger partial charge in [0.05, 0.1) is 37.7 Å². The minimum absolute atomic E-state index is 0.137. The van der Waals surface area contributed by atoms with Crippen molar-refractivity contribution >= 4 is 22.6 Å². The number of fused-ring (bicyclic) bond motifs is 2. The van der Waals surface area contributed by atoms with Crippen molar-refractivity contribution in [2.45, 2.75) is 13.0 Å². The van der Waals surface area contributed by atoms with E-state index in [1.54, 1.807) is 42.3 Å². The number of nitrogens with zero attached hydrogens (tertiary/aromatic N) is 2.